The van der Waals surface area contributed by atoms with Gasteiger partial charge in [0.15, 0.2) is 0 Å². The zero-order valence-corrected chi connectivity index (χ0v) is 12.6. The molecule has 0 fully saturated rings. The summed E-state index contributed by atoms with van der Waals surface area (Å²) in [7, 11) is 0. The van der Waals surface area contributed by atoms with Gasteiger partial charge in [-0.1, -0.05) is 6.07 Å². The van der Waals surface area contributed by atoms with E-state index in [1.54, 1.807) is 0 Å². The van der Waals surface area contributed by atoms with Gasteiger partial charge in [-0.15, -0.1) is 0 Å². The highest BCUT2D eigenvalue weighted by atomic mass is 16.5. The van der Waals surface area contributed by atoms with Crippen LogP contribution in [0.15, 0.2) is 42.6 Å². The Balaban J connectivity index is 2.03. The van der Waals surface area contributed by atoms with Gasteiger partial charge in [-0.25, -0.2) is 0 Å². The normalized spacial score (nSPS) is 11.2. The molecule has 1 aromatic heterocycles. The topological polar surface area (TPSA) is 34.1 Å². The number of pyridine rings is 1. The third-order valence-electron chi connectivity index (χ3n) is 2.81. The zero-order chi connectivity index (χ0) is 14.6. The van der Waals surface area contributed by atoms with Crippen LogP contribution in [0.1, 0.15) is 32.0 Å². The Bertz CT molecular complexity index is 559. The van der Waals surface area contributed by atoms with Crippen molar-refractivity contribution in [1.82, 2.24) is 4.98 Å². The first kappa shape index (κ1) is 14.4. The molecule has 1 aromatic carbocycles. The molecule has 1 heterocycles. The second-order valence-corrected chi connectivity index (χ2v) is 5.87. The summed E-state index contributed by atoms with van der Waals surface area (Å²) in [6.07, 6.45) is 1.81. The number of rotatable bonds is 4. The zero-order valence-electron chi connectivity index (χ0n) is 12.6. The van der Waals surface area contributed by atoms with Crippen molar-refractivity contribution < 1.29 is 4.74 Å². The van der Waals surface area contributed by atoms with Crippen LogP contribution in [0.4, 0.5) is 5.69 Å². The quantitative estimate of drug-likeness (QED) is 0.905. The molecule has 106 valence electrons. The fraction of sp³-hybridized carbons (Fsp3) is 0.353. The van der Waals surface area contributed by atoms with Crippen molar-refractivity contribution in [3.05, 3.63) is 53.9 Å². The first-order valence-corrected chi connectivity index (χ1v) is 6.87. The first-order chi connectivity index (χ1) is 9.44. The summed E-state index contributed by atoms with van der Waals surface area (Å²) in [6, 6.07) is 12.0. The van der Waals surface area contributed by atoms with E-state index in [4.69, 9.17) is 4.74 Å². The summed E-state index contributed by atoms with van der Waals surface area (Å²) in [5, 5.41) is 3.40. The standard InChI is InChI=1S/C17H22N2O/c1-13-11-15(20-17(2,3)4)8-9-16(13)19-12-14-7-5-6-10-18-14/h5-11,19H,12H2,1-4H3. The number of nitrogens with one attached hydrogen (secondary N) is 1. The number of hydrogen-bond donors (Lipinski definition) is 1. The predicted octanol–water partition coefficient (Wildman–Crippen LogP) is 4.18. The predicted molar refractivity (Wildman–Crippen MR) is 83.1 cm³/mol. The van der Waals surface area contributed by atoms with Gasteiger partial charge in [0.25, 0.3) is 0 Å². The maximum atomic E-state index is 5.86. The molecule has 2 aromatic rings. The van der Waals surface area contributed by atoms with Gasteiger partial charge in [-0.2, -0.15) is 0 Å². The van der Waals surface area contributed by atoms with Crippen molar-refractivity contribution in [1.29, 1.82) is 0 Å². The molecule has 20 heavy (non-hydrogen) atoms. The van der Waals surface area contributed by atoms with E-state index < -0.39 is 0 Å². The number of anilines is 1. The lowest BCUT2D eigenvalue weighted by atomic mass is 10.1. The highest BCUT2D eigenvalue weighted by Gasteiger charge is 2.12. The smallest absolute Gasteiger partial charge is 0.120 e. The molecule has 0 atom stereocenters. The van der Waals surface area contributed by atoms with E-state index in [0.717, 1.165) is 23.7 Å². The molecule has 2 rings (SSSR count). The maximum Gasteiger partial charge on any atom is 0.120 e. The highest BCUT2D eigenvalue weighted by molar-refractivity contribution is 5.53. The minimum atomic E-state index is -0.171. The Morgan fingerprint density at radius 3 is 2.55 bits per heavy atom. The van der Waals surface area contributed by atoms with E-state index in [9.17, 15) is 0 Å². The number of hydrogen-bond acceptors (Lipinski definition) is 3. The van der Waals surface area contributed by atoms with Gasteiger partial charge in [0.05, 0.1) is 12.2 Å². The number of aromatic nitrogens is 1. The Labute approximate surface area is 121 Å². The lowest BCUT2D eigenvalue weighted by Crippen LogP contribution is -2.22. The second kappa shape index (κ2) is 5.95. The lowest BCUT2D eigenvalue weighted by molar-refractivity contribution is 0.131. The van der Waals surface area contributed by atoms with Crippen LogP contribution in [-0.2, 0) is 6.54 Å². The van der Waals surface area contributed by atoms with Crippen molar-refractivity contribution in [3.8, 4) is 5.75 Å². The van der Waals surface area contributed by atoms with Crippen molar-refractivity contribution in [2.24, 2.45) is 0 Å². The van der Waals surface area contributed by atoms with Gasteiger partial charge < -0.3 is 10.1 Å². The van der Waals surface area contributed by atoms with Crippen LogP contribution in [0, 0.1) is 6.92 Å². The summed E-state index contributed by atoms with van der Waals surface area (Å²) in [4.78, 5) is 4.30. The van der Waals surface area contributed by atoms with Gasteiger partial charge in [0.1, 0.15) is 11.4 Å². The van der Waals surface area contributed by atoms with Crippen LogP contribution in [0.2, 0.25) is 0 Å². The molecular formula is C17H22N2O. The third kappa shape index (κ3) is 4.26. The van der Waals surface area contributed by atoms with Crippen LogP contribution in [0.25, 0.3) is 0 Å². The number of benzene rings is 1. The fourth-order valence-corrected chi connectivity index (χ4v) is 1.94. The van der Waals surface area contributed by atoms with Crippen molar-refractivity contribution in [3.63, 3.8) is 0 Å². The summed E-state index contributed by atoms with van der Waals surface area (Å²) in [5.74, 6) is 0.901. The maximum absolute atomic E-state index is 5.86. The van der Waals surface area contributed by atoms with E-state index in [0.29, 0.717) is 0 Å². The van der Waals surface area contributed by atoms with E-state index in [2.05, 4.69) is 50.1 Å². The van der Waals surface area contributed by atoms with Crippen molar-refractivity contribution >= 4 is 5.69 Å². The van der Waals surface area contributed by atoms with E-state index >= 15 is 0 Å². The van der Waals surface area contributed by atoms with Crippen LogP contribution < -0.4 is 10.1 Å². The van der Waals surface area contributed by atoms with Crippen LogP contribution in [0.5, 0.6) is 5.75 Å². The Morgan fingerprint density at radius 2 is 1.95 bits per heavy atom. The minimum Gasteiger partial charge on any atom is -0.488 e. The molecule has 0 spiro atoms. The molecule has 0 aliphatic heterocycles. The summed E-state index contributed by atoms with van der Waals surface area (Å²) < 4.78 is 5.86. The van der Waals surface area contributed by atoms with Gasteiger partial charge in [0.2, 0.25) is 0 Å². The Hall–Kier alpha value is -2.03. The molecule has 0 aliphatic carbocycles. The number of ether oxygens (including phenoxy) is 1. The number of aryl methyl sites for hydroxylation is 1. The molecular weight excluding hydrogens is 248 g/mol. The fourth-order valence-electron chi connectivity index (χ4n) is 1.94. The Kier molecular flexibility index (Phi) is 4.28. The minimum absolute atomic E-state index is 0.171. The van der Waals surface area contributed by atoms with Crippen LogP contribution in [0.3, 0.4) is 0 Å². The van der Waals surface area contributed by atoms with Gasteiger partial charge in [-0.05, 0) is 63.6 Å². The van der Waals surface area contributed by atoms with E-state index in [-0.39, 0.29) is 5.60 Å². The average Bonchev–Trinajstić information content (AvgIpc) is 2.37. The third-order valence-corrected chi connectivity index (χ3v) is 2.81. The van der Waals surface area contributed by atoms with Crippen molar-refractivity contribution in [2.75, 3.05) is 5.32 Å². The monoisotopic (exact) mass is 270 g/mol. The van der Waals surface area contributed by atoms with Gasteiger partial charge >= 0.3 is 0 Å². The molecule has 0 radical (unpaired) electrons. The molecule has 3 heteroatoms. The van der Waals surface area contributed by atoms with Crippen molar-refractivity contribution in [2.45, 2.75) is 39.8 Å². The molecule has 0 unspecified atom stereocenters. The lowest BCUT2D eigenvalue weighted by Gasteiger charge is -2.22. The number of nitrogens with zero attached hydrogens (tertiary/aromatic N) is 1. The highest BCUT2D eigenvalue weighted by Crippen LogP contribution is 2.24. The second-order valence-electron chi connectivity index (χ2n) is 5.87. The largest absolute Gasteiger partial charge is 0.488 e. The first-order valence-electron chi connectivity index (χ1n) is 6.87. The molecule has 0 saturated carbocycles. The van der Waals surface area contributed by atoms with Gasteiger partial charge in [0, 0.05) is 11.9 Å². The molecule has 0 aliphatic rings. The SMILES string of the molecule is Cc1cc(OC(C)(C)C)ccc1NCc1ccccn1. The van der Waals surface area contributed by atoms with E-state index in [1.807, 2.05) is 30.5 Å². The molecule has 1 N–H and O–H groups in total. The molecule has 0 saturated heterocycles. The summed E-state index contributed by atoms with van der Waals surface area (Å²) in [5.41, 5.74) is 3.14. The van der Waals surface area contributed by atoms with Gasteiger partial charge in [-0.3, -0.25) is 4.98 Å². The molecule has 0 bridgehead atoms. The average molecular weight is 270 g/mol. The van der Waals surface area contributed by atoms with Crippen LogP contribution >= 0.6 is 0 Å². The summed E-state index contributed by atoms with van der Waals surface area (Å²) >= 11 is 0. The molecule has 0 amide bonds. The Morgan fingerprint density at radius 1 is 1.15 bits per heavy atom. The summed E-state index contributed by atoms with van der Waals surface area (Å²) in [6.45, 7) is 8.96. The van der Waals surface area contributed by atoms with E-state index in [1.165, 1.54) is 5.56 Å². The van der Waals surface area contributed by atoms with Crippen LogP contribution in [-0.4, -0.2) is 10.6 Å². The molecule has 3 nitrogen and oxygen atoms in total.